The largest absolute Gasteiger partial charge is 0.471 e. The van der Waals surface area contributed by atoms with Gasteiger partial charge in [-0.1, -0.05) is 30.7 Å². The van der Waals surface area contributed by atoms with Crippen LogP contribution in [0.25, 0.3) is 22.5 Å². The van der Waals surface area contributed by atoms with E-state index in [1.54, 1.807) is 5.32 Å². The second-order valence-corrected chi connectivity index (χ2v) is 9.14. The molecule has 8 nitrogen and oxygen atoms in total. The maximum absolute atomic E-state index is 15.2. The van der Waals surface area contributed by atoms with E-state index >= 15 is 4.39 Å². The van der Waals surface area contributed by atoms with Crippen LogP contribution in [0.15, 0.2) is 30.3 Å². The molecule has 1 saturated heterocycles. The fraction of sp³-hybridized carbons (Fsp3) is 0.348. The van der Waals surface area contributed by atoms with Gasteiger partial charge >= 0.3 is 12.1 Å². The van der Waals surface area contributed by atoms with Gasteiger partial charge in [-0.05, 0) is 46.0 Å². The monoisotopic (exact) mass is 543 g/mol. The Labute approximate surface area is 211 Å². The van der Waals surface area contributed by atoms with E-state index in [0.717, 1.165) is 16.9 Å². The van der Waals surface area contributed by atoms with Crippen molar-refractivity contribution in [2.24, 2.45) is 7.05 Å². The van der Waals surface area contributed by atoms with Crippen molar-refractivity contribution < 1.29 is 36.3 Å². The SMILES string of the molecule is C[C@@H](CC(=O)C1(NC(=O)C(F)(F)F)COC1)c1ccc(-c2cc(Cl)cc(F)c2-c2nnn(C)n2)cc1F. The number of nitrogens with one attached hydrogen (secondary N) is 1. The number of ketones is 1. The molecule has 14 heteroatoms. The number of alkyl halides is 3. The van der Waals surface area contributed by atoms with Crippen LogP contribution in [0.2, 0.25) is 5.02 Å². The van der Waals surface area contributed by atoms with E-state index < -0.39 is 54.2 Å². The van der Waals surface area contributed by atoms with E-state index in [0.29, 0.717) is 0 Å². The predicted molar refractivity (Wildman–Crippen MR) is 120 cm³/mol. The summed E-state index contributed by atoms with van der Waals surface area (Å²) in [7, 11) is 1.50. The summed E-state index contributed by atoms with van der Waals surface area (Å²) in [6.07, 6.45) is -5.53. The predicted octanol–water partition coefficient (Wildman–Crippen LogP) is 3.99. The Morgan fingerprint density at radius 2 is 1.89 bits per heavy atom. The number of benzene rings is 2. The molecule has 37 heavy (non-hydrogen) atoms. The van der Waals surface area contributed by atoms with Crippen molar-refractivity contribution in [3.63, 3.8) is 0 Å². The summed E-state index contributed by atoms with van der Waals surface area (Å²) in [4.78, 5) is 25.3. The maximum atomic E-state index is 15.2. The number of ether oxygens (including phenoxy) is 1. The summed E-state index contributed by atoms with van der Waals surface area (Å²) in [5.41, 5.74) is -1.33. The molecule has 1 amide bonds. The number of rotatable bonds is 7. The first-order valence-electron chi connectivity index (χ1n) is 10.8. The molecule has 0 saturated carbocycles. The van der Waals surface area contributed by atoms with Gasteiger partial charge in [-0.25, -0.2) is 8.78 Å². The normalized spacial score (nSPS) is 15.7. The first-order valence-corrected chi connectivity index (χ1v) is 11.2. The minimum Gasteiger partial charge on any atom is -0.375 e. The zero-order chi connectivity index (χ0) is 27.1. The second kappa shape index (κ2) is 9.78. The summed E-state index contributed by atoms with van der Waals surface area (Å²) in [6.45, 7) is 0.686. The second-order valence-electron chi connectivity index (χ2n) is 8.70. The number of hydrogen-bond acceptors (Lipinski definition) is 6. The summed E-state index contributed by atoms with van der Waals surface area (Å²) < 4.78 is 73.0. The van der Waals surface area contributed by atoms with Crippen LogP contribution in [0.4, 0.5) is 22.0 Å². The highest BCUT2D eigenvalue weighted by Gasteiger charge is 2.51. The summed E-state index contributed by atoms with van der Waals surface area (Å²) in [5, 5.41) is 13.3. The lowest BCUT2D eigenvalue weighted by Crippen LogP contribution is -2.68. The van der Waals surface area contributed by atoms with Crippen LogP contribution in [0.5, 0.6) is 0 Å². The van der Waals surface area contributed by atoms with Gasteiger partial charge in [0, 0.05) is 11.4 Å². The number of tetrazole rings is 1. The van der Waals surface area contributed by atoms with E-state index in [-0.39, 0.29) is 39.5 Å². The van der Waals surface area contributed by atoms with Crippen LogP contribution in [0.1, 0.15) is 24.8 Å². The molecular weight excluding hydrogens is 525 g/mol. The highest BCUT2D eigenvalue weighted by molar-refractivity contribution is 6.31. The van der Waals surface area contributed by atoms with Gasteiger partial charge < -0.3 is 10.1 Å². The number of carbonyl (C=O) groups is 2. The van der Waals surface area contributed by atoms with Crippen molar-refractivity contribution >= 4 is 23.3 Å². The fourth-order valence-corrected chi connectivity index (χ4v) is 4.19. The van der Waals surface area contributed by atoms with E-state index in [4.69, 9.17) is 16.3 Å². The molecule has 1 N–H and O–H groups in total. The lowest BCUT2D eigenvalue weighted by Gasteiger charge is -2.41. The van der Waals surface area contributed by atoms with Gasteiger partial charge in [0.15, 0.2) is 5.78 Å². The van der Waals surface area contributed by atoms with E-state index in [1.807, 2.05) is 0 Å². The van der Waals surface area contributed by atoms with Crippen LogP contribution in [0, 0.1) is 11.6 Å². The Balaban J connectivity index is 1.59. The molecule has 196 valence electrons. The molecular formula is C23H19ClF5N5O3. The number of Topliss-reactive ketones (excluding diaryl/α,β-unsaturated/α-hetero) is 1. The van der Waals surface area contributed by atoms with E-state index in [9.17, 15) is 27.2 Å². The van der Waals surface area contributed by atoms with Crippen molar-refractivity contribution in [2.45, 2.75) is 31.0 Å². The number of nitrogens with zero attached hydrogens (tertiary/aromatic N) is 4. The zero-order valence-corrected chi connectivity index (χ0v) is 20.1. The lowest BCUT2D eigenvalue weighted by atomic mass is 9.83. The first kappa shape index (κ1) is 26.6. The minimum atomic E-state index is -5.17. The van der Waals surface area contributed by atoms with Gasteiger partial charge in [-0.15, -0.1) is 10.2 Å². The number of hydrogen-bond donors (Lipinski definition) is 1. The molecule has 0 aliphatic carbocycles. The third kappa shape index (κ3) is 5.32. The topological polar surface area (TPSA) is 99.0 Å². The fourth-order valence-electron chi connectivity index (χ4n) is 3.99. The Bertz CT molecular complexity index is 1370. The molecule has 2 aromatic carbocycles. The van der Waals surface area contributed by atoms with Gasteiger partial charge in [-0.3, -0.25) is 9.59 Å². The van der Waals surface area contributed by atoms with Crippen LogP contribution in [0.3, 0.4) is 0 Å². The standard InChI is InChI=1S/C23H19ClF5N5O3/c1-11(5-18(35)22(9-37-10-22)30-21(36)23(27,28)29)14-4-3-12(6-16(14)25)15-7-13(24)8-17(26)19(15)20-31-33-34(2)32-20/h3-4,6-8,11H,5,9-10H2,1-2H3,(H,30,36)/t11-/m0/s1. The quantitative estimate of drug-likeness (QED) is 0.453. The third-order valence-corrected chi connectivity index (χ3v) is 6.18. The summed E-state index contributed by atoms with van der Waals surface area (Å²) in [6, 6.07) is 6.47. The Morgan fingerprint density at radius 1 is 1.19 bits per heavy atom. The molecule has 4 rings (SSSR count). The molecule has 0 radical (unpaired) electrons. The van der Waals surface area contributed by atoms with Crippen LogP contribution < -0.4 is 5.32 Å². The number of carbonyl (C=O) groups excluding carboxylic acids is 2. The van der Waals surface area contributed by atoms with E-state index in [1.165, 1.54) is 32.2 Å². The van der Waals surface area contributed by atoms with Gasteiger partial charge in [0.1, 0.15) is 17.2 Å². The molecule has 1 fully saturated rings. The van der Waals surface area contributed by atoms with Gasteiger partial charge in [0.2, 0.25) is 5.82 Å². The van der Waals surface area contributed by atoms with Crippen LogP contribution >= 0.6 is 11.6 Å². The van der Waals surface area contributed by atoms with Crippen molar-refractivity contribution in [3.8, 4) is 22.5 Å². The molecule has 3 aromatic rings. The summed E-state index contributed by atoms with van der Waals surface area (Å²) in [5.74, 6) is -5.26. The minimum absolute atomic E-state index is 0.0379. The first-order chi connectivity index (χ1) is 17.3. The Kier molecular flexibility index (Phi) is 7.04. The van der Waals surface area contributed by atoms with Crippen molar-refractivity contribution in [1.29, 1.82) is 0 Å². The maximum Gasteiger partial charge on any atom is 0.471 e. The Morgan fingerprint density at radius 3 is 2.43 bits per heavy atom. The molecule has 1 aliphatic heterocycles. The van der Waals surface area contributed by atoms with Crippen LogP contribution in [-0.4, -0.2) is 56.8 Å². The van der Waals surface area contributed by atoms with Gasteiger partial charge in [-0.2, -0.15) is 18.0 Å². The van der Waals surface area contributed by atoms with Crippen LogP contribution in [-0.2, 0) is 21.4 Å². The van der Waals surface area contributed by atoms with Crippen molar-refractivity contribution in [2.75, 3.05) is 13.2 Å². The number of aryl methyl sites for hydroxylation is 1. The number of amides is 1. The van der Waals surface area contributed by atoms with Crippen molar-refractivity contribution in [3.05, 3.63) is 52.6 Å². The van der Waals surface area contributed by atoms with Gasteiger partial charge in [0.05, 0.1) is 25.8 Å². The van der Waals surface area contributed by atoms with E-state index in [2.05, 4.69) is 15.4 Å². The molecule has 1 aliphatic rings. The van der Waals surface area contributed by atoms with Gasteiger partial charge in [0.25, 0.3) is 0 Å². The smallest absolute Gasteiger partial charge is 0.375 e. The molecule has 2 heterocycles. The molecule has 1 atom stereocenters. The highest BCUT2D eigenvalue weighted by atomic mass is 35.5. The lowest BCUT2D eigenvalue weighted by molar-refractivity contribution is -0.183. The Hall–Kier alpha value is -3.45. The third-order valence-electron chi connectivity index (χ3n) is 5.96. The molecule has 0 unspecified atom stereocenters. The molecule has 1 aromatic heterocycles. The average Bonchev–Trinajstić information content (AvgIpc) is 3.20. The average molecular weight is 544 g/mol. The number of aromatic nitrogens is 4. The molecule has 0 bridgehead atoms. The zero-order valence-electron chi connectivity index (χ0n) is 19.4. The summed E-state index contributed by atoms with van der Waals surface area (Å²) >= 11 is 6.03. The number of halogens is 6. The van der Waals surface area contributed by atoms with Crippen molar-refractivity contribution in [1.82, 2.24) is 25.5 Å². The highest BCUT2D eigenvalue weighted by Crippen LogP contribution is 2.37. The molecule has 0 spiro atoms.